The highest BCUT2D eigenvalue weighted by molar-refractivity contribution is 5.71. The van der Waals surface area contributed by atoms with E-state index in [4.69, 9.17) is 9.47 Å². The van der Waals surface area contributed by atoms with Gasteiger partial charge in [-0.05, 0) is 38.5 Å². The third-order valence-corrected chi connectivity index (χ3v) is 3.61. The van der Waals surface area contributed by atoms with E-state index < -0.39 is 0 Å². The normalized spacial score (nSPS) is 12.2. The maximum atomic E-state index is 12.1. The van der Waals surface area contributed by atoms with Gasteiger partial charge in [0, 0.05) is 17.2 Å². The lowest BCUT2D eigenvalue weighted by Crippen LogP contribution is -2.17. The lowest BCUT2D eigenvalue weighted by atomic mass is 9.88. The van der Waals surface area contributed by atoms with E-state index in [1.54, 1.807) is 6.92 Å². The molecule has 0 bridgehead atoms. The number of aromatic amines is 2. The molecule has 2 rings (SSSR count). The van der Waals surface area contributed by atoms with Crippen LogP contribution >= 0.6 is 0 Å². The number of esters is 1. The third-order valence-electron chi connectivity index (χ3n) is 3.61. The molecule has 0 aliphatic rings. The second kappa shape index (κ2) is 7.17. The summed E-state index contributed by atoms with van der Waals surface area (Å²) in [6.07, 6.45) is 0.185. The molecule has 0 aliphatic heterocycles. The summed E-state index contributed by atoms with van der Waals surface area (Å²) in [7, 11) is 1.34. The summed E-state index contributed by atoms with van der Waals surface area (Å²) in [4.78, 5) is 23.8. The average Bonchev–Trinajstić information content (AvgIpc) is 2.84. The molecule has 0 spiro atoms. The Bertz CT molecular complexity index is 713. The molecule has 0 saturated carbocycles. The monoisotopic (exact) mass is 318 g/mol. The Balaban J connectivity index is 2.38. The predicted octanol–water partition coefficient (Wildman–Crippen LogP) is 2.49. The SMILES string of the molecule is COC(=O)CC(c1ccc(OC(C)C)cc1)c1c(C)[nH][nH]c1=O. The summed E-state index contributed by atoms with van der Waals surface area (Å²) in [5.41, 5.74) is 1.90. The van der Waals surface area contributed by atoms with Gasteiger partial charge in [0.25, 0.3) is 5.56 Å². The van der Waals surface area contributed by atoms with Crippen molar-refractivity contribution in [1.82, 2.24) is 10.2 Å². The van der Waals surface area contributed by atoms with E-state index in [1.807, 2.05) is 38.1 Å². The molecule has 0 fully saturated rings. The van der Waals surface area contributed by atoms with Gasteiger partial charge in [-0.25, -0.2) is 0 Å². The van der Waals surface area contributed by atoms with Crippen LogP contribution in [0.3, 0.4) is 0 Å². The number of H-pyrrole nitrogens is 2. The van der Waals surface area contributed by atoms with Crippen molar-refractivity contribution in [1.29, 1.82) is 0 Å². The van der Waals surface area contributed by atoms with Crippen molar-refractivity contribution in [3.63, 3.8) is 0 Å². The van der Waals surface area contributed by atoms with Gasteiger partial charge < -0.3 is 14.6 Å². The summed E-state index contributed by atoms with van der Waals surface area (Å²) < 4.78 is 10.4. The summed E-state index contributed by atoms with van der Waals surface area (Å²) in [6, 6.07) is 7.43. The Morgan fingerprint density at radius 1 is 1.17 bits per heavy atom. The maximum absolute atomic E-state index is 12.1. The van der Waals surface area contributed by atoms with Crippen LogP contribution in [-0.4, -0.2) is 29.4 Å². The smallest absolute Gasteiger partial charge is 0.306 e. The first kappa shape index (κ1) is 16.9. The van der Waals surface area contributed by atoms with E-state index in [2.05, 4.69) is 10.2 Å². The molecule has 2 N–H and O–H groups in total. The maximum Gasteiger partial charge on any atom is 0.306 e. The van der Waals surface area contributed by atoms with E-state index in [0.29, 0.717) is 11.3 Å². The molecule has 0 amide bonds. The molecule has 6 nitrogen and oxygen atoms in total. The van der Waals surface area contributed by atoms with Crippen LogP contribution in [0.4, 0.5) is 0 Å². The number of carbonyl (C=O) groups is 1. The van der Waals surface area contributed by atoms with Gasteiger partial charge in [-0.3, -0.25) is 14.7 Å². The molecule has 1 aromatic heterocycles. The molecule has 0 radical (unpaired) electrons. The largest absolute Gasteiger partial charge is 0.491 e. The van der Waals surface area contributed by atoms with Crippen molar-refractivity contribution in [2.24, 2.45) is 0 Å². The molecule has 1 atom stereocenters. The molecule has 2 aromatic rings. The molecule has 0 saturated heterocycles. The molecule has 0 aliphatic carbocycles. The van der Waals surface area contributed by atoms with Crippen LogP contribution in [0.25, 0.3) is 0 Å². The fraction of sp³-hybridized carbons (Fsp3) is 0.412. The number of benzene rings is 1. The van der Waals surface area contributed by atoms with E-state index in [-0.39, 0.29) is 30.0 Å². The second-order valence-corrected chi connectivity index (χ2v) is 5.69. The third kappa shape index (κ3) is 4.03. The lowest BCUT2D eigenvalue weighted by molar-refractivity contribution is -0.140. The Hall–Kier alpha value is -2.50. The van der Waals surface area contributed by atoms with E-state index in [0.717, 1.165) is 11.3 Å². The fourth-order valence-electron chi connectivity index (χ4n) is 2.56. The first-order valence-corrected chi connectivity index (χ1v) is 7.53. The van der Waals surface area contributed by atoms with Gasteiger partial charge in [0.05, 0.1) is 19.6 Å². The number of nitrogens with one attached hydrogen (secondary N) is 2. The summed E-state index contributed by atoms with van der Waals surface area (Å²) in [5.74, 6) is 0.0170. The zero-order valence-electron chi connectivity index (χ0n) is 13.8. The Kier molecular flexibility index (Phi) is 5.26. The zero-order valence-corrected chi connectivity index (χ0v) is 13.8. The predicted molar refractivity (Wildman–Crippen MR) is 86.8 cm³/mol. The summed E-state index contributed by atoms with van der Waals surface area (Å²) in [5, 5.41) is 5.36. The van der Waals surface area contributed by atoms with Crippen LogP contribution in [0.2, 0.25) is 0 Å². The van der Waals surface area contributed by atoms with Gasteiger partial charge in [-0.1, -0.05) is 12.1 Å². The van der Waals surface area contributed by atoms with Crippen molar-refractivity contribution in [2.75, 3.05) is 7.11 Å². The highest BCUT2D eigenvalue weighted by atomic mass is 16.5. The van der Waals surface area contributed by atoms with Crippen molar-refractivity contribution < 1.29 is 14.3 Å². The zero-order chi connectivity index (χ0) is 17.0. The minimum atomic E-state index is -0.370. The van der Waals surface area contributed by atoms with Gasteiger partial charge in [-0.2, -0.15) is 0 Å². The number of hydrogen-bond acceptors (Lipinski definition) is 4. The van der Waals surface area contributed by atoms with Crippen LogP contribution < -0.4 is 10.3 Å². The molecule has 1 aromatic carbocycles. The fourth-order valence-corrected chi connectivity index (χ4v) is 2.56. The highest BCUT2D eigenvalue weighted by Gasteiger charge is 2.24. The Morgan fingerprint density at radius 2 is 1.83 bits per heavy atom. The Morgan fingerprint density at radius 3 is 2.30 bits per heavy atom. The minimum Gasteiger partial charge on any atom is -0.491 e. The molecule has 6 heteroatoms. The number of aromatic nitrogens is 2. The molecule has 1 heterocycles. The van der Waals surface area contributed by atoms with Crippen LogP contribution in [-0.2, 0) is 9.53 Å². The second-order valence-electron chi connectivity index (χ2n) is 5.69. The van der Waals surface area contributed by atoms with Gasteiger partial charge in [0.1, 0.15) is 5.75 Å². The summed E-state index contributed by atoms with van der Waals surface area (Å²) >= 11 is 0. The van der Waals surface area contributed by atoms with Crippen LogP contribution in [0.1, 0.15) is 43.0 Å². The number of aryl methyl sites for hydroxylation is 1. The van der Waals surface area contributed by atoms with Gasteiger partial charge >= 0.3 is 5.97 Å². The first-order valence-electron chi connectivity index (χ1n) is 7.53. The molecule has 124 valence electrons. The number of hydrogen-bond donors (Lipinski definition) is 2. The topological polar surface area (TPSA) is 84.2 Å². The van der Waals surface area contributed by atoms with Gasteiger partial charge in [-0.15, -0.1) is 0 Å². The molecular formula is C17H22N2O4. The van der Waals surface area contributed by atoms with Crippen molar-refractivity contribution in [3.05, 3.63) is 51.4 Å². The molecular weight excluding hydrogens is 296 g/mol. The number of ether oxygens (including phenoxy) is 2. The van der Waals surface area contributed by atoms with Crippen molar-refractivity contribution >= 4 is 5.97 Å². The van der Waals surface area contributed by atoms with E-state index >= 15 is 0 Å². The minimum absolute atomic E-state index is 0.0847. The lowest BCUT2D eigenvalue weighted by Gasteiger charge is -2.16. The molecule has 1 unspecified atom stereocenters. The average molecular weight is 318 g/mol. The first-order chi connectivity index (χ1) is 10.9. The quantitative estimate of drug-likeness (QED) is 0.802. The van der Waals surface area contributed by atoms with Gasteiger partial charge in [0.15, 0.2) is 0 Å². The Labute approximate surface area is 134 Å². The van der Waals surface area contributed by atoms with Crippen LogP contribution in [0.5, 0.6) is 5.75 Å². The summed E-state index contributed by atoms with van der Waals surface area (Å²) in [6.45, 7) is 5.71. The van der Waals surface area contributed by atoms with Crippen molar-refractivity contribution in [2.45, 2.75) is 39.2 Å². The standard InChI is InChI=1S/C17H22N2O4/c1-10(2)23-13-7-5-12(6-8-13)14(9-15(20)22-4)16-11(3)18-19-17(16)21/h5-8,10,14H,9H2,1-4H3,(H2,18,19,21). The van der Waals surface area contributed by atoms with Crippen molar-refractivity contribution in [3.8, 4) is 5.75 Å². The van der Waals surface area contributed by atoms with Gasteiger partial charge in [0.2, 0.25) is 0 Å². The molecule has 23 heavy (non-hydrogen) atoms. The number of methoxy groups -OCH3 is 1. The van der Waals surface area contributed by atoms with E-state index in [1.165, 1.54) is 7.11 Å². The van der Waals surface area contributed by atoms with E-state index in [9.17, 15) is 9.59 Å². The van der Waals surface area contributed by atoms with Crippen LogP contribution in [0.15, 0.2) is 29.1 Å². The highest BCUT2D eigenvalue weighted by Crippen LogP contribution is 2.29. The number of rotatable bonds is 6. The van der Waals surface area contributed by atoms with Crippen LogP contribution in [0, 0.1) is 6.92 Å². The number of carbonyl (C=O) groups excluding carboxylic acids is 1.